The summed E-state index contributed by atoms with van der Waals surface area (Å²) in [6.07, 6.45) is 1.16. The van der Waals surface area contributed by atoms with Gasteiger partial charge >= 0.3 is 0 Å². The van der Waals surface area contributed by atoms with Crippen molar-refractivity contribution in [1.82, 2.24) is 20.0 Å². The third-order valence-corrected chi connectivity index (χ3v) is 4.30. The van der Waals surface area contributed by atoms with Gasteiger partial charge in [-0.25, -0.2) is 4.68 Å². The predicted molar refractivity (Wildman–Crippen MR) is 95.6 cm³/mol. The molecule has 0 atom stereocenters. The van der Waals surface area contributed by atoms with Gasteiger partial charge in [-0.2, -0.15) is 5.10 Å². The first-order valence-electron chi connectivity index (χ1n) is 7.65. The standard InChI is InChI=1S/C17H25BrN4/c1-13-17(12-19-10-5-11-21(3)4)14(2)22(20-13)16-8-6-15(18)7-9-16/h6-9,19H,5,10-12H2,1-4H3. The van der Waals surface area contributed by atoms with Gasteiger partial charge in [0.25, 0.3) is 0 Å². The number of halogens is 1. The lowest BCUT2D eigenvalue weighted by atomic mass is 10.2. The number of aryl methyl sites for hydroxylation is 1. The summed E-state index contributed by atoms with van der Waals surface area (Å²) in [7, 11) is 4.22. The summed E-state index contributed by atoms with van der Waals surface area (Å²) in [5.41, 5.74) is 4.70. The molecule has 0 unspecified atom stereocenters. The number of nitrogens with zero attached hydrogens (tertiary/aromatic N) is 3. The number of rotatable bonds is 7. The van der Waals surface area contributed by atoms with Crippen LogP contribution in [0.4, 0.5) is 0 Å². The van der Waals surface area contributed by atoms with Crippen LogP contribution >= 0.6 is 15.9 Å². The van der Waals surface area contributed by atoms with E-state index in [1.54, 1.807) is 0 Å². The van der Waals surface area contributed by atoms with Crippen molar-refractivity contribution in [3.8, 4) is 5.69 Å². The first-order valence-corrected chi connectivity index (χ1v) is 8.45. The minimum atomic E-state index is 0.877. The molecule has 5 heteroatoms. The van der Waals surface area contributed by atoms with E-state index in [1.807, 2.05) is 16.8 Å². The van der Waals surface area contributed by atoms with Crippen LogP contribution in [-0.2, 0) is 6.54 Å². The summed E-state index contributed by atoms with van der Waals surface area (Å²) < 4.78 is 3.11. The Labute approximate surface area is 141 Å². The molecule has 1 aromatic carbocycles. The van der Waals surface area contributed by atoms with E-state index in [1.165, 1.54) is 11.3 Å². The molecule has 1 N–H and O–H groups in total. The van der Waals surface area contributed by atoms with Crippen LogP contribution in [0.3, 0.4) is 0 Å². The molecule has 2 aromatic rings. The van der Waals surface area contributed by atoms with Crippen molar-refractivity contribution < 1.29 is 0 Å². The number of benzene rings is 1. The molecule has 0 bridgehead atoms. The summed E-state index contributed by atoms with van der Waals surface area (Å²) in [4.78, 5) is 2.21. The maximum absolute atomic E-state index is 4.69. The van der Waals surface area contributed by atoms with Crippen molar-refractivity contribution in [3.05, 3.63) is 45.7 Å². The molecule has 120 valence electrons. The summed E-state index contributed by atoms with van der Waals surface area (Å²) >= 11 is 3.47. The number of nitrogens with one attached hydrogen (secondary N) is 1. The van der Waals surface area contributed by atoms with Crippen molar-refractivity contribution in [2.24, 2.45) is 0 Å². The normalized spacial score (nSPS) is 11.4. The molecule has 0 radical (unpaired) electrons. The Bertz CT molecular complexity index is 602. The van der Waals surface area contributed by atoms with Gasteiger partial charge in [-0.05, 0) is 71.7 Å². The van der Waals surface area contributed by atoms with Crippen LogP contribution < -0.4 is 5.32 Å². The second kappa shape index (κ2) is 7.90. The minimum Gasteiger partial charge on any atom is -0.312 e. The summed E-state index contributed by atoms with van der Waals surface area (Å²) in [6.45, 7) is 7.24. The molecule has 0 fully saturated rings. The lowest BCUT2D eigenvalue weighted by molar-refractivity contribution is 0.394. The Balaban J connectivity index is 2.02. The van der Waals surface area contributed by atoms with Crippen LogP contribution in [0.5, 0.6) is 0 Å². The fourth-order valence-electron chi connectivity index (χ4n) is 2.50. The number of hydrogen-bond acceptors (Lipinski definition) is 3. The van der Waals surface area contributed by atoms with Gasteiger partial charge in [0.15, 0.2) is 0 Å². The number of aromatic nitrogens is 2. The van der Waals surface area contributed by atoms with Gasteiger partial charge in [-0.3, -0.25) is 0 Å². The van der Waals surface area contributed by atoms with E-state index in [0.717, 1.165) is 41.9 Å². The first-order chi connectivity index (χ1) is 10.5. The van der Waals surface area contributed by atoms with Crippen molar-refractivity contribution in [2.45, 2.75) is 26.8 Å². The highest BCUT2D eigenvalue weighted by Crippen LogP contribution is 2.19. The third kappa shape index (κ3) is 4.41. The Kier molecular flexibility index (Phi) is 6.17. The molecule has 0 spiro atoms. The Morgan fingerprint density at radius 1 is 1.18 bits per heavy atom. The molecule has 1 heterocycles. The van der Waals surface area contributed by atoms with E-state index in [2.05, 4.69) is 66.2 Å². The van der Waals surface area contributed by atoms with E-state index in [-0.39, 0.29) is 0 Å². The first kappa shape index (κ1) is 17.2. The fourth-order valence-corrected chi connectivity index (χ4v) is 2.76. The van der Waals surface area contributed by atoms with E-state index in [0.29, 0.717) is 0 Å². The average molecular weight is 365 g/mol. The average Bonchev–Trinajstić information content (AvgIpc) is 2.75. The third-order valence-electron chi connectivity index (χ3n) is 3.77. The molecule has 2 rings (SSSR count). The summed E-state index contributed by atoms with van der Waals surface area (Å²) in [6, 6.07) is 8.26. The van der Waals surface area contributed by atoms with E-state index >= 15 is 0 Å². The monoisotopic (exact) mass is 364 g/mol. The Hall–Kier alpha value is -1.17. The number of hydrogen-bond donors (Lipinski definition) is 1. The van der Waals surface area contributed by atoms with Gasteiger partial charge in [-0.15, -0.1) is 0 Å². The maximum Gasteiger partial charge on any atom is 0.0649 e. The molecule has 0 aliphatic carbocycles. The second-order valence-electron chi connectivity index (χ2n) is 5.87. The van der Waals surface area contributed by atoms with Crippen molar-refractivity contribution in [1.29, 1.82) is 0 Å². The fraction of sp³-hybridized carbons (Fsp3) is 0.471. The highest BCUT2D eigenvalue weighted by atomic mass is 79.9. The molecule has 4 nitrogen and oxygen atoms in total. The molecule has 1 aromatic heterocycles. The molecule has 0 saturated heterocycles. The maximum atomic E-state index is 4.69. The molecular weight excluding hydrogens is 340 g/mol. The molecule has 22 heavy (non-hydrogen) atoms. The topological polar surface area (TPSA) is 33.1 Å². The van der Waals surface area contributed by atoms with Gasteiger partial charge in [0, 0.05) is 22.3 Å². The van der Waals surface area contributed by atoms with Gasteiger partial charge in [0.1, 0.15) is 0 Å². The van der Waals surface area contributed by atoms with Gasteiger partial charge < -0.3 is 10.2 Å². The second-order valence-corrected chi connectivity index (χ2v) is 6.79. The van der Waals surface area contributed by atoms with Crippen molar-refractivity contribution in [3.63, 3.8) is 0 Å². The lowest BCUT2D eigenvalue weighted by Crippen LogP contribution is -2.21. The van der Waals surface area contributed by atoms with Crippen molar-refractivity contribution >= 4 is 15.9 Å². The SMILES string of the molecule is Cc1nn(-c2ccc(Br)cc2)c(C)c1CNCCCN(C)C. The summed E-state index contributed by atoms with van der Waals surface area (Å²) in [5, 5.41) is 8.22. The minimum absolute atomic E-state index is 0.877. The van der Waals surface area contributed by atoms with Crippen LogP contribution in [0, 0.1) is 13.8 Å². The predicted octanol–water partition coefficient (Wildman–Crippen LogP) is 3.29. The zero-order chi connectivity index (χ0) is 16.1. The largest absolute Gasteiger partial charge is 0.312 e. The Morgan fingerprint density at radius 2 is 1.86 bits per heavy atom. The van der Waals surface area contributed by atoms with Crippen LogP contribution in [0.15, 0.2) is 28.7 Å². The van der Waals surface area contributed by atoms with Crippen molar-refractivity contribution in [2.75, 3.05) is 27.2 Å². The van der Waals surface area contributed by atoms with Gasteiger partial charge in [0.2, 0.25) is 0 Å². The molecule has 0 amide bonds. The highest BCUT2D eigenvalue weighted by Gasteiger charge is 2.12. The van der Waals surface area contributed by atoms with Crippen LogP contribution in [-0.4, -0.2) is 41.9 Å². The molecule has 0 aliphatic rings. The van der Waals surface area contributed by atoms with Gasteiger partial charge in [-0.1, -0.05) is 15.9 Å². The van der Waals surface area contributed by atoms with Crippen LogP contribution in [0.25, 0.3) is 5.69 Å². The van der Waals surface area contributed by atoms with Gasteiger partial charge in [0.05, 0.1) is 11.4 Å². The Morgan fingerprint density at radius 3 is 2.50 bits per heavy atom. The lowest BCUT2D eigenvalue weighted by Gasteiger charge is -2.10. The molecule has 0 aliphatic heterocycles. The van der Waals surface area contributed by atoms with Crippen LogP contribution in [0.1, 0.15) is 23.4 Å². The smallest absolute Gasteiger partial charge is 0.0649 e. The summed E-state index contributed by atoms with van der Waals surface area (Å²) in [5.74, 6) is 0. The highest BCUT2D eigenvalue weighted by molar-refractivity contribution is 9.10. The molecule has 0 saturated carbocycles. The zero-order valence-corrected chi connectivity index (χ0v) is 15.4. The molecular formula is C17H25BrN4. The van der Waals surface area contributed by atoms with E-state index < -0.39 is 0 Å². The van der Waals surface area contributed by atoms with E-state index in [4.69, 9.17) is 5.10 Å². The zero-order valence-electron chi connectivity index (χ0n) is 13.9. The van der Waals surface area contributed by atoms with E-state index in [9.17, 15) is 0 Å². The van der Waals surface area contributed by atoms with Crippen LogP contribution in [0.2, 0.25) is 0 Å². The quantitative estimate of drug-likeness (QED) is 0.765.